The molecular formula is C13H19BrFNO. The molecule has 0 aromatic heterocycles. The maximum absolute atomic E-state index is 13.7. The van der Waals surface area contributed by atoms with E-state index in [-0.39, 0.29) is 17.8 Å². The van der Waals surface area contributed by atoms with Gasteiger partial charge in [-0.15, -0.1) is 0 Å². The molecule has 0 spiro atoms. The molecule has 0 saturated carbocycles. The third-order valence-electron chi connectivity index (χ3n) is 2.97. The lowest BCUT2D eigenvalue weighted by Gasteiger charge is -2.22. The van der Waals surface area contributed by atoms with Crippen molar-refractivity contribution in [3.05, 3.63) is 34.1 Å². The number of methoxy groups -OCH3 is 1. The van der Waals surface area contributed by atoms with Crippen molar-refractivity contribution < 1.29 is 9.13 Å². The second kappa shape index (κ2) is 7.09. The first-order chi connectivity index (χ1) is 8.06. The minimum absolute atomic E-state index is 0.115. The molecule has 1 aromatic rings. The average molecular weight is 304 g/mol. The molecule has 0 aliphatic heterocycles. The summed E-state index contributed by atoms with van der Waals surface area (Å²) in [5, 5.41) is 3.32. The summed E-state index contributed by atoms with van der Waals surface area (Å²) in [6.45, 7) is 5.52. The van der Waals surface area contributed by atoms with E-state index in [1.54, 1.807) is 13.2 Å². The lowest BCUT2D eigenvalue weighted by molar-refractivity contribution is 0.195. The van der Waals surface area contributed by atoms with E-state index >= 15 is 0 Å². The van der Waals surface area contributed by atoms with Gasteiger partial charge in [0.15, 0.2) is 0 Å². The van der Waals surface area contributed by atoms with Crippen LogP contribution in [0.25, 0.3) is 0 Å². The van der Waals surface area contributed by atoms with Crippen molar-refractivity contribution in [2.24, 2.45) is 0 Å². The number of halogens is 2. The van der Waals surface area contributed by atoms with Crippen LogP contribution in [-0.4, -0.2) is 26.3 Å². The summed E-state index contributed by atoms with van der Waals surface area (Å²) in [6.07, 6.45) is 0. The van der Waals surface area contributed by atoms with Gasteiger partial charge in [-0.3, -0.25) is 0 Å². The largest absolute Gasteiger partial charge is 0.383 e. The molecule has 0 aliphatic carbocycles. The van der Waals surface area contributed by atoms with E-state index < -0.39 is 0 Å². The van der Waals surface area contributed by atoms with Gasteiger partial charge in [0, 0.05) is 24.2 Å². The van der Waals surface area contributed by atoms with Gasteiger partial charge in [-0.25, -0.2) is 4.39 Å². The van der Waals surface area contributed by atoms with E-state index in [1.165, 1.54) is 6.07 Å². The van der Waals surface area contributed by atoms with Crippen LogP contribution in [0.2, 0.25) is 0 Å². The predicted octanol–water partition coefficient (Wildman–Crippen LogP) is 3.32. The molecule has 0 saturated heterocycles. The first-order valence-electron chi connectivity index (χ1n) is 5.73. The van der Waals surface area contributed by atoms with Crippen LogP contribution in [0.4, 0.5) is 4.39 Å². The monoisotopic (exact) mass is 303 g/mol. The molecule has 0 fully saturated rings. The van der Waals surface area contributed by atoms with Gasteiger partial charge in [-0.2, -0.15) is 0 Å². The van der Waals surface area contributed by atoms with E-state index in [9.17, 15) is 4.39 Å². The molecule has 2 atom stereocenters. The normalized spacial score (nSPS) is 14.6. The van der Waals surface area contributed by atoms with Crippen molar-refractivity contribution in [1.82, 2.24) is 5.32 Å². The molecule has 2 unspecified atom stereocenters. The molecule has 0 amide bonds. The maximum atomic E-state index is 13.7. The van der Waals surface area contributed by atoms with E-state index in [0.717, 1.165) is 16.6 Å². The Bertz CT molecular complexity index is 359. The molecule has 1 rings (SSSR count). The van der Waals surface area contributed by atoms with Crippen LogP contribution in [0.15, 0.2) is 22.7 Å². The summed E-state index contributed by atoms with van der Waals surface area (Å²) in [5.74, 6) is -0.0366. The number of benzene rings is 1. The van der Waals surface area contributed by atoms with Crippen LogP contribution in [0.5, 0.6) is 0 Å². The van der Waals surface area contributed by atoms with Crippen LogP contribution in [0.1, 0.15) is 25.3 Å². The van der Waals surface area contributed by atoms with Crippen LogP contribution >= 0.6 is 15.9 Å². The Morgan fingerprint density at radius 2 is 2.12 bits per heavy atom. The predicted molar refractivity (Wildman–Crippen MR) is 71.9 cm³/mol. The number of nitrogens with one attached hydrogen (secondary N) is 1. The van der Waals surface area contributed by atoms with Gasteiger partial charge >= 0.3 is 0 Å². The molecule has 96 valence electrons. The molecule has 4 heteroatoms. The summed E-state index contributed by atoms with van der Waals surface area (Å²) in [5.41, 5.74) is 0.733. The third-order valence-corrected chi connectivity index (χ3v) is 3.46. The second-order valence-corrected chi connectivity index (χ2v) is 5.11. The van der Waals surface area contributed by atoms with Gasteiger partial charge in [-0.05, 0) is 36.6 Å². The van der Waals surface area contributed by atoms with Crippen LogP contribution in [-0.2, 0) is 4.74 Å². The highest BCUT2D eigenvalue weighted by molar-refractivity contribution is 9.10. The first kappa shape index (κ1) is 14.6. The van der Waals surface area contributed by atoms with Crippen molar-refractivity contribution in [3.8, 4) is 0 Å². The van der Waals surface area contributed by atoms with Gasteiger partial charge < -0.3 is 10.1 Å². The SMILES string of the molecule is COCCNC(C)C(C)c1cc(Br)ccc1F. The van der Waals surface area contributed by atoms with Gasteiger partial charge in [0.2, 0.25) is 0 Å². The van der Waals surface area contributed by atoms with Crippen LogP contribution in [0, 0.1) is 5.82 Å². The lowest BCUT2D eigenvalue weighted by Crippen LogP contribution is -2.33. The quantitative estimate of drug-likeness (QED) is 0.814. The van der Waals surface area contributed by atoms with E-state index in [0.29, 0.717) is 6.61 Å². The number of ether oxygens (including phenoxy) is 1. The molecule has 1 N–H and O–H groups in total. The smallest absolute Gasteiger partial charge is 0.126 e. The Morgan fingerprint density at radius 1 is 1.41 bits per heavy atom. The van der Waals surface area contributed by atoms with Gasteiger partial charge in [0.1, 0.15) is 5.82 Å². The Hall–Kier alpha value is -0.450. The third kappa shape index (κ3) is 4.37. The molecule has 0 heterocycles. The van der Waals surface area contributed by atoms with Gasteiger partial charge in [-0.1, -0.05) is 22.9 Å². The fraction of sp³-hybridized carbons (Fsp3) is 0.538. The molecular weight excluding hydrogens is 285 g/mol. The number of rotatable bonds is 6. The van der Waals surface area contributed by atoms with Crippen molar-refractivity contribution >= 4 is 15.9 Å². The fourth-order valence-corrected chi connectivity index (χ4v) is 2.08. The Kier molecular flexibility index (Phi) is 6.09. The van der Waals surface area contributed by atoms with E-state index in [4.69, 9.17) is 4.74 Å². The minimum atomic E-state index is -0.152. The van der Waals surface area contributed by atoms with Gasteiger partial charge in [0.25, 0.3) is 0 Å². The zero-order valence-corrected chi connectivity index (χ0v) is 12.1. The van der Waals surface area contributed by atoms with Crippen molar-refractivity contribution in [1.29, 1.82) is 0 Å². The number of hydrogen-bond acceptors (Lipinski definition) is 2. The first-order valence-corrected chi connectivity index (χ1v) is 6.52. The highest BCUT2D eigenvalue weighted by Crippen LogP contribution is 2.25. The van der Waals surface area contributed by atoms with Crippen molar-refractivity contribution in [2.75, 3.05) is 20.3 Å². The highest BCUT2D eigenvalue weighted by Gasteiger charge is 2.17. The van der Waals surface area contributed by atoms with Crippen LogP contribution < -0.4 is 5.32 Å². The second-order valence-electron chi connectivity index (χ2n) is 4.19. The zero-order chi connectivity index (χ0) is 12.8. The van der Waals surface area contributed by atoms with E-state index in [1.807, 2.05) is 13.0 Å². The molecule has 2 nitrogen and oxygen atoms in total. The zero-order valence-electron chi connectivity index (χ0n) is 10.5. The summed E-state index contributed by atoms with van der Waals surface area (Å²) >= 11 is 3.37. The summed E-state index contributed by atoms with van der Waals surface area (Å²) in [6, 6.07) is 5.26. The van der Waals surface area contributed by atoms with E-state index in [2.05, 4.69) is 28.2 Å². The Balaban J connectivity index is 2.67. The average Bonchev–Trinajstić information content (AvgIpc) is 2.31. The summed E-state index contributed by atoms with van der Waals surface area (Å²) in [7, 11) is 1.67. The number of hydrogen-bond donors (Lipinski definition) is 1. The maximum Gasteiger partial charge on any atom is 0.126 e. The van der Waals surface area contributed by atoms with Crippen LogP contribution in [0.3, 0.4) is 0 Å². The molecule has 17 heavy (non-hydrogen) atoms. The highest BCUT2D eigenvalue weighted by atomic mass is 79.9. The standard InChI is InChI=1S/C13H19BrFNO/c1-9(10(2)16-6-7-17-3)12-8-11(14)4-5-13(12)15/h4-5,8-10,16H,6-7H2,1-3H3. The molecule has 0 radical (unpaired) electrons. The topological polar surface area (TPSA) is 21.3 Å². The Labute approximate surface area is 111 Å². The fourth-order valence-electron chi connectivity index (χ4n) is 1.70. The molecule has 0 aliphatic rings. The summed E-state index contributed by atoms with van der Waals surface area (Å²) in [4.78, 5) is 0. The van der Waals surface area contributed by atoms with Crippen molar-refractivity contribution in [3.63, 3.8) is 0 Å². The van der Waals surface area contributed by atoms with Crippen molar-refractivity contribution in [2.45, 2.75) is 25.8 Å². The summed E-state index contributed by atoms with van der Waals surface area (Å²) < 4.78 is 19.6. The molecule has 0 bridgehead atoms. The minimum Gasteiger partial charge on any atom is -0.383 e. The van der Waals surface area contributed by atoms with Gasteiger partial charge in [0.05, 0.1) is 6.61 Å². The molecule has 1 aromatic carbocycles. The lowest BCUT2D eigenvalue weighted by atomic mass is 9.94. The Morgan fingerprint density at radius 3 is 2.76 bits per heavy atom.